The second kappa shape index (κ2) is 6.27. The minimum absolute atomic E-state index is 0.0587. The van der Waals surface area contributed by atoms with Crippen LogP contribution >= 0.6 is 0 Å². The van der Waals surface area contributed by atoms with Crippen molar-refractivity contribution in [3.8, 4) is 11.5 Å². The van der Waals surface area contributed by atoms with Crippen LogP contribution in [-0.4, -0.2) is 31.0 Å². The molecule has 0 heterocycles. The number of aliphatic hydroxyl groups is 1. The fourth-order valence-corrected chi connectivity index (χ4v) is 1.09. The van der Waals surface area contributed by atoms with Crippen LogP contribution < -0.4 is 15.2 Å². The first kappa shape index (κ1) is 11.8. The van der Waals surface area contributed by atoms with Crippen molar-refractivity contribution in [1.82, 2.24) is 5.73 Å². The number of aliphatic hydroxyl groups excluding tert-OH is 1. The largest absolute Gasteiger partial charge is 0.490 e. The molecule has 0 aliphatic heterocycles. The lowest BCUT2D eigenvalue weighted by atomic mass is 10.3. The summed E-state index contributed by atoms with van der Waals surface area (Å²) in [5.41, 5.74) is 6.95. The Labute approximate surface area is 89.6 Å². The zero-order valence-electron chi connectivity index (χ0n) is 8.77. The van der Waals surface area contributed by atoms with E-state index in [1.165, 1.54) is 0 Å². The lowest BCUT2D eigenvalue weighted by Gasteiger charge is -2.13. The van der Waals surface area contributed by atoms with Crippen LogP contribution in [0.15, 0.2) is 24.3 Å². The van der Waals surface area contributed by atoms with E-state index in [9.17, 15) is 5.11 Å². The van der Waals surface area contributed by atoms with Crippen LogP contribution in [0.3, 0.4) is 0 Å². The topological polar surface area (TPSA) is 62.5 Å². The van der Waals surface area contributed by atoms with Crippen LogP contribution in [0.2, 0.25) is 0 Å². The fourth-order valence-electron chi connectivity index (χ4n) is 1.09. The Bertz CT molecular complexity index is 291. The second-order valence-corrected chi connectivity index (χ2v) is 3.05. The molecule has 0 aliphatic rings. The van der Waals surface area contributed by atoms with E-state index in [0.29, 0.717) is 18.1 Å². The van der Waals surface area contributed by atoms with Gasteiger partial charge in [-0.05, 0) is 19.1 Å². The second-order valence-electron chi connectivity index (χ2n) is 3.05. The summed E-state index contributed by atoms with van der Waals surface area (Å²) >= 11 is 0. The summed E-state index contributed by atoms with van der Waals surface area (Å²) in [5.74, 6) is 1.27. The Morgan fingerprint density at radius 1 is 1.27 bits per heavy atom. The smallest absolute Gasteiger partial charge is 0.161 e. The van der Waals surface area contributed by atoms with Crippen LogP contribution in [0, 0.1) is 0 Å². The van der Waals surface area contributed by atoms with Gasteiger partial charge in [-0.3, -0.25) is 5.73 Å². The van der Waals surface area contributed by atoms with Crippen molar-refractivity contribution in [2.24, 2.45) is 0 Å². The number of benzene rings is 1. The van der Waals surface area contributed by atoms with Crippen LogP contribution in [0.4, 0.5) is 0 Å². The molecule has 4 heteroatoms. The zero-order valence-corrected chi connectivity index (χ0v) is 8.77. The molecule has 4 nitrogen and oxygen atoms in total. The molecule has 0 spiro atoms. The standard InChI is InChI=1S/C11H16NO3/c1-2-14-10-5-3-4-6-11(10)15-8-9(13)7-12/h3-6,9,12-13H,2,7-8H2,1H3. The molecule has 0 aromatic heterocycles. The Kier molecular flexibility index (Phi) is 4.93. The lowest BCUT2D eigenvalue weighted by Crippen LogP contribution is -2.22. The Hall–Kier alpha value is -1.26. The van der Waals surface area contributed by atoms with Gasteiger partial charge in [0.2, 0.25) is 0 Å². The maximum Gasteiger partial charge on any atom is 0.161 e. The number of hydrogen-bond donors (Lipinski definition) is 1. The molecule has 0 aliphatic carbocycles. The minimum Gasteiger partial charge on any atom is -0.490 e. The molecule has 1 rings (SSSR count). The average molecular weight is 210 g/mol. The summed E-state index contributed by atoms with van der Waals surface area (Å²) in [4.78, 5) is 0. The molecule has 0 fully saturated rings. The summed E-state index contributed by atoms with van der Waals surface area (Å²) in [5, 5.41) is 9.19. The van der Waals surface area contributed by atoms with E-state index >= 15 is 0 Å². The van der Waals surface area contributed by atoms with Crippen molar-refractivity contribution in [2.45, 2.75) is 13.0 Å². The Balaban J connectivity index is 2.58. The number of hydrogen-bond acceptors (Lipinski definition) is 3. The lowest BCUT2D eigenvalue weighted by molar-refractivity contribution is 0.110. The van der Waals surface area contributed by atoms with Gasteiger partial charge in [-0.1, -0.05) is 12.1 Å². The third-order valence-electron chi connectivity index (χ3n) is 1.82. The quantitative estimate of drug-likeness (QED) is 0.765. The minimum atomic E-state index is -0.750. The van der Waals surface area contributed by atoms with Crippen molar-refractivity contribution >= 4 is 0 Å². The predicted molar refractivity (Wildman–Crippen MR) is 57.1 cm³/mol. The molecule has 2 N–H and O–H groups in total. The third-order valence-corrected chi connectivity index (χ3v) is 1.82. The molecule has 0 bridgehead atoms. The molecule has 1 aromatic carbocycles. The summed E-state index contributed by atoms with van der Waals surface area (Å²) in [7, 11) is 0. The van der Waals surface area contributed by atoms with Crippen LogP contribution in [0.1, 0.15) is 6.92 Å². The normalized spacial score (nSPS) is 12.2. The van der Waals surface area contributed by atoms with E-state index in [4.69, 9.17) is 15.2 Å². The molecule has 0 saturated carbocycles. The molecule has 15 heavy (non-hydrogen) atoms. The molecular formula is C11H16NO3. The van der Waals surface area contributed by atoms with Gasteiger partial charge in [0.1, 0.15) is 12.7 Å². The van der Waals surface area contributed by atoms with Crippen molar-refractivity contribution in [3.05, 3.63) is 24.3 Å². The monoisotopic (exact) mass is 210 g/mol. The predicted octanol–water partition coefficient (Wildman–Crippen LogP) is 1.11. The van der Waals surface area contributed by atoms with Gasteiger partial charge in [-0.2, -0.15) is 0 Å². The third kappa shape index (κ3) is 3.77. The van der Waals surface area contributed by atoms with Gasteiger partial charge in [0.25, 0.3) is 0 Å². The first-order valence-electron chi connectivity index (χ1n) is 4.95. The van der Waals surface area contributed by atoms with Gasteiger partial charge < -0.3 is 14.6 Å². The molecule has 1 aromatic rings. The van der Waals surface area contributed by atoms with Crippen LogP contribution in [0.25, 0.3) is 0 Å². The van der Waals surface area contributed by atoms with E-state index in [1.807, 2.05) is 25.1 Å². The van der Waals surface area contributed by atoms with Gasteiger partial charge in [0.05, 0.1) is 6.61 Å². The summed E-state index contributed by atoms with van der Waals surface area (Å²) in [6.45, 7) is 2.53. The summed E-state index contributed by atoms with van der Waals surface area (Å²) < 4.78 is 10.7. The van der Waals surface area contributed by atoms with Crippen molar-refractivity contribution in [1.29, 1.82) is 0 Å². The van der Waals surface area contributed by atoms with Crippen molar-refractivity contribution < 1.29 is 14.6 Å². The molecule has 1 radical (unpaired) electrons. The van der Waals surface area contributed by atoms with Gasteiger partial charge in [-0.25, -0.2) is 0 Å². The molecule has 0 saturated heterocycles. The first-order chi connectivity index (χ1) is 7.27. The van der Waals surface area contributed by atoms with E-state index in [1.54, 1.807) is 6.07 Å². The van der Waals surface area contributed by atoms with E-state index in [-0.39, 0.29) is 13.2 Å². The maximum absolute atomic E-state index is 9.19. The Morgan fingerprint density at radius 2 is 1.87 bits per heavy atom. The van der Waals surface area contributed by atoms with Gasteiger partial charge in [0, 0.05) is 6.54 Å². The van der Waals surface area contributed by atoms with Gasteiger partial charge >= 0.3 is 0 Å². The Morgan fingerprint density at radius 3 is 2.40 bits per heavy atom. The van der Waals surface area contributed by atoms with E-state index in [0.717, 1.165) is 0 Å². The molecule has 83 valence electrons. The van der Waals surface area contributed by atoms with Gasteiger partial charge in [-0.15, -0.1) is 0 Å². The number of nitrogens with one attached hydrogen (secondary N) is 1. The summed E-state index contributed by atoms with van der Waals surface area (Å²) in [6.07, 6.45) is -0.750. The first-order valence-corrected chi connectivity index (χ1v) is 4.95. The highest BCUT2D eigenvalue weighted by Gasteiger charge is 2.06. The SMILES string of the molecule is CCOc1ccccc1OCC(O)C[NH]. The van der Waals surface area contributed by atoms with E-state index in [2.05, 4.69) is 0 Å². The summed E-state index contributed by atoms with van der Waals surface area (Å²) in [6, 6.07) is 7.29. The number of rotatable bonds is 6. The molecule has 1 atom stereocenters. The van der Waals surface area contributed by atoms with Crippen molar-refractivity contribution in [2.75, 3.05) is 19.8 Å². The maximum atomic E-state index is 9.19. The molecular weight excluding hydrogens is 194 g/mol. The van der Waals surface area contributed by atoms with Crippen LogP contribution in [0.5, 0.6) is 11.5 Å². The number of ether oxygens (including phenoxy) is 2. The molecule has 1 unspecified atom stereocenters. The number of para-hydroxylation sites is 2. The van der Waals surface area contributed by atoms with Crippen LogP contribution in [-0.2, 0) is 0 Å². The zero-order chi connectivity index (χ0) is 11.1. The average Bonchev–Trinajstić information content (AvgIpc) is 2.28. The highest BCUT2D eigenvalue weighted by Crippen LogP contribution is 2.26. The van der Waals surface area contributed by atoms with Gasteiger partial charge in [0.15, 0.2) is 11.5 Å². The van der Waals surface area contributed by atoms with Crippen molar-refractivity contribution in [3.63, 3.8) is 0 Å². The van der Waals surface area contributed by atoms with E-state index < -0.39 is 6.10 Å². The highest BCUT2D eigenvalue weighted by atomic mass is 16.5. The molecule has 0 amide bonds. The highest BCUT2D eigenvalue weighted by molar-refractivity contribution is 5.39. The fraction of sp³-hybridized carbons (Fsp3) is 0.455.